The average molecular weight is 1500 g/mol. The first kappa shape index (κ1) is 75.5. The van der Waals surface area contributed by atoms with Gasteiger partial charge < -0.3 is 62.4 Å². The van der Waals surface area contributed by atoms with Crippen molar-refractivity contribution < 1.29 is 98.6 Å². The number of nitro benzene ring substituents is 1. The smallest absolute Gasteiger partial charge is 0.394 e. The first-order chi connectivity index (χ1) is 48.3. The number of hydrogen-bond acceptors (Lipinski definition) is 28. The third-order valence-corrected chi connectivity index (χ3v) is 22.0. The molecule has 5 aliphatic rings. The summed E-state index contributed by atoms with van der Waals surface area (Å²) in [4.78, 5) is 148. The zero-order valence-electron chi connectivity index (χ0n) is 54.8. The molecule has 5 fully saturated rings. The maximum absolute atomic E-state index is 17.1. The summed E-state index contributed by atoms with van der Waals surface area (Å²) in [5.74, 6) is -4.91. The Labute approximate surface area is 573 Å². The van der Waals surface area contributed by atoms with E-state index in [-0.39, 0.29) is 60.3 Å². The number of rotatable bonds is 27. The lowest BCUT2D eigenvalue weighted by atomic mass is 10.0. The van der Waals surface area contributed by atoms with Crippen molar-refractivity contribution in [3.8, 4) is 0 Å². The molecule has 4 aromatic heterocycles. The Hall–Kier alpha value is -7.66. The number of nitrogens with one attached hydrogen (secondary N) is 4. The van der Waals surface area contributed by atoms with E-state index in [0.717, 1.165) is 49.0 Å². The SMILES string of the molecule is COC1(OC(c2ccccc2[N+](=O)[O-])P(=O)(OC[C@H]2O[C@@H](n3cc(C)c(=O)[nH]c3=O)C[C@@H]2OP(=O)(O)OC[C@H]2O[C@@H](n3cc(C)c(=O)[nH]c3=O)C[C@@H]2O)O[C@H]2C[C@H](n3cc(C)c(=O)[nH]c3=O)O[C@@H]2COP(=O)(O)O[C@H]2C[C@H](n3cc(C)c(=O)[nH]c3=O)O[C@@H]2CO)CCN(c2ccccc2F)CC1. The van der Waals surface area contributed by atoms with Crippen molar-refractivity contribution in [2.24, 2.45) is 0 Å². The van der Waals surface area contributed by atoms with Crippen LogP contribution in [0.3, 0.4) is 0 Å². The molecule has 0 saturated carbocycles. The van der Waals surface area contributed by atoms with E-state index in [1.807, 2.05) is 0 Å². The van der Waals surface area contributed by atoms with Gasteiger partial charge in [-0.15, -0.1) is 0 Å². The molecule has 5 aliphatic heterocycles. The largest absolute Gasteiger partial charge is 0.472 e. The number of hydrogen-bond donors (Lipinski definition) is 8. The fraction of sp³-hybridized carbons (Fsp3) is 0.525. The number of aliphatic hydroxyl groups is 2. The number of ether oxygens (including phenoxy) is 6. The zero-order valence-corrected chi connectivity index (χ0v) is 57.5. The molecule has 0 aliphatic carbocycles. The highest BCUT2D eigenvalue weighted by Gasteiger charge is 2.55. The molecule has 554 valence electrons. The molecule has 11 rings (SSSR count). The number of para-hydroxylation sites is 2. The Balaban J connectivity index is 0.959. The number of aromatic nitrogens is 8. The van der Waals surface area contributed by atoms with Crippen molar-refractivity contribution in [2.45, 2.75) is 152 Å². The van der Waals surface area contributed by atoms with Crippen LogP contribution in [0.4, 0.5) is 15.8 Å². The van der Waals surface area contributed by atoms with Crippen LogP contribution in [0.15, 0.2) is 112 Å². The van der Waals surface area contributed by atoms with Crippen molar-refractivity contribution in [3.63, 3.8) is 0 Å². The first-order valence-electron chi connectivity index (χ1n) is 31.7. The first-order valence-corrected chi connectivity index (χ1v) is 36.3. The summed E-state index contributed by atoms with van der Waals surface area (Å²) in [6.07, 6.45) is -16.6. The molecule has 5 saturated heterocycles. The van der Waals surface area contributed by atoms with E-state index < -0.39 is 221 Å². The van der Waals surface area contributed by atoms with Crippen LogP contribution in [-0.4, -0.2) is 164 Å². The van der Waals surface area contributed by atoms with Crippen molar-refractivity contribution in [1.29, 1.82) is 0 Å². The number of aryl methyl sites for hydroxylation is 4. The number of phosphoric ester groups is 2. The Morgan fingerprint density at radius 1 is 0.588 bits per heavy atom. The van der Waals surface area contributed by atoms with Crippen LogP contribution in [0.2, 0.25) is 0 Å². The van der Waals surface area contributed by atoms with Crippen LogP contribution < -0.4 is 49.9 Å². The Morgan fingerprint density at radius 3 is 1.43 bits per heavy atom. The normalized spacial score (nSPS) is 27.1. The minimum absolute atomic E-state index is 0.0290. The molecule has 8 N–H and O–H groups in total. The van der Waals surface area contributed by atoms with Crippen molar-refractivity contribution >= 4 is 34.6 Å². The molecule has 43 heteroatoms. The molecule has 0 spiro atoms. The van der Waals surface area contributed by atoms with Crippen LogP contribution in [-0.2, 0) is 69.3 Å². The molecule has 102 heavy (non-hydrogen) atoms. The minimum atomic E-state index is -5.74. The lowest BCUT2D eigenvalue weighted by Crippen LogP contribution is -2.48. The maximum Gasteiger partial charge on any atom is 0.472 e. The van der Waals surface area contributed by atoms with Gasteiger partial charge in [0.1, 0.15) is 73.5 Å². The number of benzene rings is 2. The second-order valence-electron chi connectivity index (χ2n) is 24.8. The fourth-order valence-electron chi connectivity index (χ4n) is 12.4. The predicted molar refractivity (Wildman–Crippen MR) is 346 cm³/mol. The number of H-pyrrole nitrogens is 4. The molecule has 9 heterocycles. The minimum Gasteiger partial charge on any atom is -0.394 e. The van der Waals surface area contributed by atoms with Crippen LogP contribution in [0.5, 0.6) is 0 Å². The summed E-state index contributed by atoms with van der Waals surface area (Å²) < 4.78 is 137. The van der Waals surface area contributed by atoms with Gasteiger partial charge in [-0.1, -0.05) is 24.3 Å². The van der Waals surface area contributed by atoms with E-state index in [4.69, 9.17) is 55.6 Å². The quantitative estimate of drug-likeness (QED) is 0.0158. The highest BCUT2D eigenvalue weighted by molar-refractivity contribution is 7.54. The molecule has 0 amide bonds. The fourth-order valence-corrected chi connectivity index (χ4v) is 16.5. The standard InChI is InChI=1S/C59H72FN10O29P3/c1-30-22-66(55(77)61-50(30)73)46-18-38(72)43(93-46)27-90-101(84,85)99-41-21-49(69-25-33(4)53(76)64-58(69)80)94-44(41)28-89-100(83,54(34-10-6-8-12-36(34)70(81)82)96-59(88-5)14-16-65(17-15-59)37-13-9-7-11-35(37)60)97-40-20-48(68-24-32(3)52(75)63-57(68)79)95-45(40)29-91-102(86,87)98-39-19-47(92-42(39)26-71)67-23-31(2)51(74)62-56(67)78/h6-13,22-25,38-49,54,71-72H,14-21,26-29H2,1-5H3,(H,84,85)(H,86,87)(H,61,73,77)(H,62,74,78)(H,63,75,79)(H,64,76,80)/t38-,39-,40-,41-,42+,43+,44+,45+,46+,47+,48+,49+,54?,100?/m0/s1. The second kappa shape index (κ2) is 30.6. The molecule has 2 aromatic carbocycles. The third-order valence-electron chi connectivity index (χ3n) is 17.9. The van der Waals surface area contributed by atoms with Crippen LogP contribution in [0.1, 0.15) is 97.1 Å². The number of aromatic amines is 4. The molecule has 4 unspecified atom stereocenters. The molecule has 6 aromatic rings. The van der Waals surface area contributed by atoms with Gasteiger partial charge >= 0.3 is 46.0 Å². The summed E-state index contributed by atoms with van der Waals surface area (Å²) in [6, 6.07) is 10.5. The monoisotopic (exact) mass is 1500 g/mol. The summed E-state index contributed by atoms with van der Waals surface area (Å²) in [5, 5.41) is 34.6. The number of nitro groups is 1. The molecule has 16 atom stereocenters. The molecular formula is C59H72FN10O29P3. The van der Waals surface area contributed by atoms with Gasteiger partial charge in [0.15, 0.2) is 11.6 Å². The molecule has 0 radical (unpaired) electrons. The van der Waals surface area contributed by atoms with Crippen LogP contribution in [0.25, 0.3) is 0 Å². The number of phosphoric acid groups is 2. The molecular weight excluding hydrogens is 1420 g/mol. The summed E-state index contributed by atoms with van der Waals surface area (Å²) in [6.45, 7) is 1.39. The van der Waals surface area contributed by atoms with Gasteiger partial charge in [-0.3, -0.25) is 90.2 Å². The van der Waals surface area contributed by atoms with Gasteiger partial charge in [-0.25, -0.2) is 32.7 Å². The van der Waals surface area contributed by atoms with Gasteiger partial charge in [-0.05, 0) is 45.9 Å². The topological polar surface area (TPSA) is 509 Å². The Morgan fingerprint density at radius 2 is 0.980 bits per heavy atom. The zero-order chi connectivity index (χ0) is 73.5. The van der Waals surface area contributed by atoms with E-state index >= 15 is 8.96 Å². The van der Waals surface area contributed by atoms with Gasteiger partial charge in [-0.2, -0.15) is 0 Å². The summed E-state index contributed by atoms with van der Waals surface area (Å²) >= 11 is 0. The highest BCUT2D eigenvalue weighted by Crippen LogP contribution is 2.67. The van der Waals surface area contributed by atoms with Crippen molar-refractivity contribution in [2.75, 3.05) is 51.5 Å². The van der Waals surface area contributed by atoms with Gasteiger partial charge in [0.25, 0.3) is 27.9 Å². The number of halogens is 1. The second-order valence-corrected chi connectivity index (χ2v) is 29.6. The lowest BCUT2D eigenvalue weighted by Gasteiger charge is -2.44. The highest BCUT2D eigenvalue weighted by atomic mass is 31.2. The molecule has 0 bridgehead atoms. The van der Waals surface area contributed by atoms with Gasteiger partial charge in [0, 0.05) is 112 Å². The van der Waals surface area contributed by atoms with E-state index in [0.29, 0.717) is 0 Å². The lowest BCUT2D eigenvalue weighted by molar-refractivity contribution is -0.386. The third kappa shape index (κ3) is 16.6. The van der Waals surface area contributed by atoms with Gasteiger partial charge in [0.05, 0.1) is 48.7 Å². The van der Waals surface area contributed by atoms with Crippen LogP contribution >= 0.6 is 23.2 Å². The van der Waals surface area contributed by atoms with Crippen LogP contribution in [0, 0.1) is 43.6 Å². The number of piperidine rings is 1. The van der Waals surface area contributed by atoms with E-state index in [1.165, 1.54) is 71.3 Å². The van der Waals surface area contributed by atoms with Gasteiger partial charge in [0.2, 0.25) is 0 Å². The van der Waals surface area contributed by atoms with E-state index in [1.54, 1.807) is 11.0 Å². The average Bonchev–Trinajstić information content (AvgIpc) is 1.23. The number of methoxy groups -OCH3 is 1. The molecule has 39 nitrogen and oxygen atoms in total. The van der Waals surface area contributed by atoms with E-state index in [2.05, 4.69) is 19.9 Å². The number of nitrogens with zero attached hydrogens (tertiary/aromatic N) is 6. The Kier molecular flexibility index (Phi) is 22.6. The maximum atomic E-state index is 17.1. The summed E-state index contributed by atoms with van der Waals surface area (Å²) in [5.41, 5.74) is -7.96. The summed E-state index contributed by atoms with van der Waals surface area (Å²) in [7, 11) is -15.5. The number of anilines is 1. The van der Waals surface area contributed by atoms with Crippen molar-refractivity contribution in [3.05, 3.63) is 200 Å². The van der Waals surface area contributed by atoms with Crippen molar-refractivity contribution in [1.82, 2.24) is 38.2 Å². The van der Waals surface area contributed by atoms with E-state index in [9.17, 15) is 77.6 Å². The predicted octanol–water partition coefficient (Wildman–Crippen LogP) is 1.93. The Bertz CT molecular complexity index is 4780. The number of aliphatic hydroxyl groups excluding tert-OH is 2.